The number of hydrogen-bond donors (Lipinski definition) is 10. The third-order valence-electron chi connectivity index (χ3n) is 22.5. The third-order valence-corrected chi connectivity index (χ3v) is 22.5. The van der Waals surface area contributed by atoms with Gasteiger partial charge in [0.25, 0.3) is 23.6 Å². The standard InChI is InChI=1S/C27H23F4N7O2.C27H31FN8O2.2C22H22FN7O2/c1-14-7-19-20(35-14)5-6-21(23(19)28)40-25-22(26(39)37(3)4)24(32-12-33-25)36-17-8-16(27(29,30)31)9-18(10-17)38-11-15(2)34-13-38;1-17-13-20-21(32-17)7-8-22(24(20)28)38-26-23(27(37)34(2)3)25(30-16-31-26)33-18-5-6-19(29-14-18)15-36-11-9-35(4)10-12-36;1-11-8-13-14(26-11)6-7-16(19(13)23)32-21-18(22(31)30(2)3)20(24-10-25-21)27-17-9-15(28-29-17)12-4-5-12;1-5-6-13-10-17(29-28-13)27-20-18(22(31)30(3)4)21(25-11-24-20)32-16-8-7-15-14(19(16)23)9-12(2)26-15/h5-13,35H,1-4H3,(H,32,33,36);5-8,13-14,16,32H,9-12,15H2,1-4H3,(H,30,31,33);6-10,12,26H,4-5H2,1-3H3,(H2,24,25,27,28,29);5-11,26H,1-4H3,(H2,24,25,27,28,29)/b;;;6-5+. The van der Waals surface area contributed by atoms with Crippen LogP contribution in [-0.2, 0) is 12.7 Å². The molecular weight excluding hydrogens is 1840 g/mol. The number of carbonyl (C=O) groups is 4. The molecular formula is C98H98F7N29O8. The van der Waals surface area contributed by atoms with Gasteiger partial charge in [-0.1, -0.05) is 6.08 Å². The fraction of sp³-hybridized carbons (Fsp3) is 0.245. The van der Waals surface area contributed by atoms with E-state index in [9.17, 15) is 32.3 Å². The van der Waals surface area contributed by atoms with E-state index in [2.05, 4.69) is 128 Å². The predicted octanol–water partition coefficient (Wildman–Crippen LogP) is 18.6. The maximum absolute atomic E-state index is 15.3. The van der Waals surface area contributed by atoms with Gasteiger partial charge in [0.05, 0.1) is 40.9 Å². The highest BCUT2D eigenvalue weighted by molar-refractivity contribution is 6.04. The van der Waals surface area contributed by atoms with Crippen molar-refractivity contribution in [3.8, 4) is 52.2 Å². The van der Waals surface area contributed by atoms with Crippen molar-refractivity contribution in [2.75, 3.05) is 111 Å². The summed E-state index contributed by atoms with van der Waals surface area (Å²) in [6.07, 6.45) is 10.8. The van der Waals surface area contributed by atoms with E-state index < -0.39 is 46.8 Å². The summed E-state index contributed by atoms with van der Waals surface area (Å²) < 4.78 is 127. The quantitative estimate of drug-likeness (QED) is 0.0238. The lowest BCUT2D eigenvalue weighted by atomic mass is 10.1. The number of anilines is 8. The van der Waals surface area contributed by atoms with Gasteiger partial charge in [-0.25, -0.2) is 62.4 Å². The van der Waals surface area contributed by atoms with Gasteiger partial charge in [-0.3, -0.25) is 39.3 Å². The first-order chi connectivity index (χ1) is 67.9. The second-order valence-corrected chi connectivity index (χ2v) is 34.5. The van der Waals surface area contributed by atoms with Gasteiger partial charge < -0.3 is 89.2 Å². The number of allylic oxidation sites excluding steroid dienone is 1. The third kappa shape index (κ3) is 22.3. The molecule has 17 aromatic rings. The van der Waals surface area contributed by atoms with E-state index in [4.69, 9.17) is 18.9 Å². The predicted molar refractivity (Wildman–Crippen MR) is 520 cm³/mol. The number of likely N-dealkylation sites (N-methyl/N-ethyl adjacent to an activating group) is 1. The summed E-state index contributed by atoms with van der Waals surface area (Å²) >= 11 is 0. The average molecular weight is 1940 g/mol. The van der Waals surface area contributed by atoms with Crippen molar-refractivity contribution in [3.63, 3.8) is 0 Å². The molecule has 12 aromatic heterocycles. The Morgan fingerprint density at radius 1 is 0.451 bits per heavy atom. The molecule has 2 aliphatic rings. The van der Waals surface area contributed by atoms with Crippen LogP contribution in [0.4, 0.5) is 77.0 Å². The van der Waals surface area contributed by atoms with Crippen molar-refractivity contribution in [2.45, 2.75) is 73.0 Å². The van der Waals surface area contributed by atoms with Crippen LogP contribution in [0.3, 0.4) is 0 Å². The topological polar surface area (TPSA) is 427 Å². The number of ether oxygens (including phenoxy) is 4. The fourth-order valence-electron chi connectivity index (χ4n) is 15.3. The minimum absolute atomic E-state index is 0.0102. The van der Waals surface area contributed by atoms with Crippen LogP contribution >= 0.6 is 0 Å². The van der Waals surface area contributed by atoms with Gasteiger partial charge >= 0.3 is 6.18 Å². The van der Waals surface area contributed by atoms with Gasteiger partial charge in [-0.05, 0) is 171 Å². The second-order valence-electron chi connectivity index (χ2n) is 34.5. The largest absolute Gasteiger partial charge is 0.435 e. The van der Waals surface area contributed by atoms with Crippen LogP contribution in [0.1, 0.15) is 118 Å². The number of aromatic nitrogens is 19. The first kappa shape index (κ1) is 97.9. The van der Waals surface area contributed by atoms with Gasteiger partial charge in [0, 0.05) is 197 Å². The number of H-pyrrole nitrogens is 6. The van der Waals surface area contributed by atoms with Gasteiger partial charge in [0.2, 0.25) is 23.5 Å². The first-order valence-electron chi connectivity index (χ1n) is 44.5. The number of amides is 4. The minimum Gasteiger partial charge on any atom is -0.435 e. The lowest BCUT2D eigenvalue weighted by molar-refractivity contribution is -0.137. The van der Waals surface area contributed by atoms with E-state index >= 15 is 17.6 Å². The molecule has 19 rings (SSSR count). The van der Waals surface area contributed by atoms with Crippen molar-refractivity contribution < 1.29 is 68.9 Å². The van der Waals surface area contributed by atoms with Crippen LogP contribution in [0.25, 0.3) is 55.4 Å². The number of imidazole rings is 1. The number of rotatable bonds is 25. The highest BCUT2D eigenvalue weighted by atomic mass is 19.4. The summed E-state index contributed by atoms with van der Waals surface area (Å²) in [6, 6.07) is 30.2. The number of nitrogens with one attached hydrogen (secondary N) is 10. The number of carbonyl (C=O) groups excluding carboxylic acids is 4. The number of halogens is 7. The number of alkyl halides is 3. The van der Waals surface area contributed by atoms with Crippen LogP contribution in [0.5, 0.6) is 46.5 Å². The second kappa shape index (κ2) is 41.6. The van der Waals surface area contributed by atoms with Crippen molar-refractivity contribution >= 4 is 120 Å². The van der Waals surface area contributed by atoms with Gasteiger partial charge in [0.15, 0.2) is 81.2 Å². The van der Waals surface area contributed by atoms with E-state index in [0.717, 1.165) is 104 Å². The first-order valence-corrected chi connectivity index (χ1v) is 44.5. The zero-order valence-electron chi connectivity index (χ0n) is 79.6. The van der Waals surface area contributed by atoms with Crippen LogP contribution in [-0.4, -0.2) is 237 Å². The molecule has 1 saturated carbocycles. The van der Waals surface area contributed by atoms with Crippen molar-refractivity contribution in [3.05, 3.63) is 262 Å². The molecule has 0 bridgehead atoms. The maximum Gasteiger partial charge on any atom is 0.416 e. The molecule has 0 radical (unpaired) electrons. The summed E-state index contributed by atoms with van der Waals surface area (Å²) in [6.45, 7) is 15.8. The Morgan fingerprint density at radius 2 is 0.838 bits per heavy atom. The summed E-state index contributed by atoms with van der Waals surface area (Å²) in [5.41, 5.74) is 9.06. The number of benzene rings is 5. The Morgan fingerprint density at radius 3 is 1.20 bits per heavy atom. The molecule has 142 heavy (non-hydrogen) atoms. The molecule has 0 spiro atoms. The maximum atomic E-state index is 15.3. The summed E-state index contributed by atoms with van der Waals surface area (Å²) in [7, 11) is 14.7. The van der Waals surface area contributed by atoms with Crippen molar-refractivity contribution in [2.24, 2.45) is 0 Å². The van der Waals surface area contributed by atoms with Gasteiger partial charge in [-0.2, -0.15) is 23.4 Å². The zero-order valence-corrected chi connectivity index (χ0v) is 79.6. The zero-order chi connectivity index (χ0) is 101. The van der Waals surface area contributed by atoms with E-state index in [0.29, 0.717) is 67.2 Å². The number of nitrogens with zero attached hydrogens (tertiary/aromatic N) is 19. The molecule has 1 saturated heterocycles. The molecule has 1 aliphatic carbocycles. The van der Waals surface area contributed by atoms with Crippen molar-refractivity contribution in [1.29, 1.82) is 0 Å². The molecule has 0 atom stereocenters. The molecule has 1 aliphatic heterocycles. The Balaban J connectivity index is 0.000000137. The average Bonchev–Trinajstić information content (AvgIpc) is 1.51. The lowest BCUT2D eigenvalue weighted by Crippen LogP contribution is -2.43. The van der Waals surface area contributed by atoms with Gasteiger partial charge in [0.1, 0.15) is 47.6 Å². The Hall–Kier alpha value is -17.2. The Bertz CT molecular complexity index is 7600. The number of hydrogen-bond acceptors (Lipinski definition) is 26. The van der Waals surface area contributed by atoms with E-state index in [1.54, 1.807) is 123 Å². The summed E-state index contributed by atoms with van der Waals surface area (Å²) in [5.74, 6) is -2.88. The summed E-state index contributed by atoms with van der Waals surface area (Å²) in [4.78, 5) is 117. The number of aromatic amines is 6. The fourth-order valence-corrected chi connectivity index (χ4v) is 15.3. The number of fused-ring (bicyclic) bond motifs is 4. The molecule has 2 fully saturated rings. The highest BCUT2D eigenvalue weighted by Gasteiger charge is 2.35. The van der Waals surface area contributed by atoms with E-state index in [-0.39, 0.29) is 121 Å². The minimum atomic E-state index is -4.66. The van der Waals surface area contributed by atoms with Crippen LogP contribution < -0.4 is 40.2 Å². The monoisotopic (exact) mass is 1940 g/mol. The van der Waals surface area contributed by atoms with Gasteiger partial charge in [-0.15, -0.1) is 0 Å². The number of pyridine rings is 1. The Kier molecular flexibility index (Phi) is 28.7. The molecule has 5 aromatic carbocycles. The number of piperazine rings is 1. The molecule has 4 amide bonds. The van der Waals surface area contributed by atoms with Crippen molar-refractivity contribution in [1.82, 2.24) is 124 Å². The SMILES string of the molecule is C/C=C/c1cc(Nc2ncnc(Oc3ccc4[nH]c(C)cc4c3F)c2C(=O)N(C)C)n[nH]1.Cc1cc2c(F)c(Oc3ncnc(Nc4cc(C5CC5)[nH]n4)c3C(=O)N(C)C)ccc2[nH]1.Cc1cc2c(F)c(Oc3ncnc(Nc4ccc(CN5CCN(C)CC5)nc4)c3C(=O)N(C)C)ccc2[nH]1.Cc1cn(-c2cc(Nc3ncnc(Oc4ccc5[nH]c(C)cc5c4F)c3C(=O)N(C)C)cc(C(F)(F)F)c2)cn1. The molecule has 0 unspecified atom stereocenters. The lowest BCUT2D eigenvalue weighted by Gasteiger charge is -2.32. The van der Waals surface area contributed by atoms with Crippen LogP contribution in [0.15, 0.2) is 165 Å². The van der Waals surface area contributed by atoms with E-state index in [1.165, 1.54) is 93.9 Å². The van der Waals surface area contributed by atoms with Crippen LogP contribution in [0, 0.1) is 57.9 Å². The number of aryl methyl sites for hydroxylation is 5. The highest BCUT2D eigenvalue weighted by Crippen LogP contribution is 2.44. The van der Waals surface area contributed by atoms with E-state index in [1.807, 2.05) is 58.0 Å². The van der Waals surface area contributed by atoms with Crippen LogP contribution in [0.2, 0.25) is 0 Å². The smallest absolute Gasteiger partial charge is 0.416 e. The Labute approximate surface area is 806 Å². The normalized spacial score (nSPS) is 12.7. The molecule has 13 heterocycles. The summed E-state index contributed by atoms with van der Waals surface area (Å²) in [5, 5.41) is 27.8. The molecule has 37 nitrogen and oxygen atoms in total. The molecule has 10 N–H and O–H groups in total. The molecule has 732 valence electrons. The molecule has 44 heteroatoms.